The lowest BCUT2D eigenvalue weighted by molar-refractivity contribution is -0.139. The minimum absolute atomic E-state index is 0. The smallest absolute Gasteiger partial charge is 0.315 e. The van der Waals surface area contributed by atoms with Crippen LogP contribution >= 0.6 is 12.4 Å². The highest BCUT2D eigenvalue weighted by Crippen LogP contribution is 2.32. The predicted octanol–water partition coefficient (Wildman–Crippen LogP) is 2.04. The van der Waals surface area contributed by atoms with Crippen molar-refractivity contribution >= 4 is 24.3 Å². The molecular weight excluding hydrogens is 352 g/mol. The van der Waals surface area contributed by atoms with Gasteiger partial charge in [-0.2, -0.15) is 0 Å². The molecule has 6 nitrogen and oxygen atoms in total. The quantitative estimate of drug-likeness (QED) is 0.748. The van der Waals surface area contributed by atoms with Gasteiger partial charge in [-0.05, 0) is 25.3 Å². The van der Waals surface area contributed by atoms with Crippen LogP contribution in [0, 0.1) is 0 Å². The van der Waals surface area contributed by atoms with E-state index in [4.69, 9.17) is 0 Å². The number of hydrogen-bond acceptors (Lipinski definition) is 3. The van der Waals surface area contributed by atoms with E-state index in [1.54, 1.807) is 0 Å². The Labute approximate surface area is 161 Å². The van der Waals surface area contributed by atoms with Crippen LogP contribution in [0.5, 0.6) is 0 Å². The van der Waals surface area contributed by atoms with Gasteiger partial charge in [0.15, 0.2) is 0 Å². The van der Waals surface area contributed by atoms with Crippen LogP contribution in [0.2, 0.25) is 0 Å². The second-order valence-corrected chi connectivity index (χ2v) is 7.19. The van der Waals surface area contributed by atoms with Crippen LogP contribution in [0.25, 0.3) is 0 Å². The van der Waals surface area contributed by atoms with E-state index in [2.05, 4.69) is 22.9 Å². The number of hydrogen-bond donors (Lipinski definition) is 3. The van der Waals surface area contributed by atoms with Crippen LogP contribution in [-0.2, 0) is 11.3 Å². The molecule has 7 heteroatoms. The fraction of sp³-hybridized carbons (Fsp3) is 0.579. The van der Waals surface area contributed by atoms with Crippen LogP contribution in [0.4, 0.5) is 4.79 Å². The summed E-state index contributed by atoms with van der Waals surface area (Å²) in [5.41, 5.74) is 0.304. The van der Waals surface area contributed by atoms with Crippen molar-refractivity contribution in [2.45, 2.75) is 50.7 Å². The number of rotatable bonds is 4. The topological polar surface area (TPSA) is 73.5 Å². The Morgan fingerprint density at radius 2 is 1.92 bits per heavy atom. The van der Waals surface area contributed by atoms with Crippen molar-refractivity contribution in [3.05, 3.63) is 35.9 Å². The molecule has 3 N–H and O–H groups in total. The first-order valence-electron chi connectivity index (χ1n) is 9.22. The summed E-state index contributed by atoms with van der Waals surface area (Å²) in [7, 11) is 0. The third-order valence-electron chi connectivity index (χ3n) is 5.17. The van der Waals surface area contributed by atoms with Crippen LogP contribution < -0.4 is 16.0 Å². The molecule has 1 saturated carbocycles. The van der Waals surface area contributed by atoms with Gasteiger partial charge in [0.1, 0.15) is 5.54 Å². The minimum atomic E-state index is -0.738. The molecule has 1 aromatic rings. The molecule has 1 atom stereocenters. The van der Waals surface area contributed by atoms with Gasteiger partial charge in [-0.25, -0.2) is 4.79 Å². The lowest BCUT2D eigenvalue weighted by Gasteiger charge is -2.39. The molecule has 1 aliphatic heterocycles. The third-order valence-corrected chi connectivity index (χ3v) is 5.17. The maximum Gasteiger partial charge on any atom is 0.315 e. The second kappa shape index (κ2) is 9.24. The number of urea groups is 1. The van der Waals surface area contributed by atoms with Crippen LogP contribution in [0.1, 0.15) is 38.2 Å². The van der Waals surface area contributed by atoms with Gasteiger partial charge in [0.05, 0.1) is 0 Å². The van der Waals surface area contributed by atoms with Crippen molar-refractivity contribution in [3.8, 4) is 0 Å². The number of nitrogens with zero attached hydrogens (tertiary/aromatic N) is 1. The van der Waals surface area contributed by atoms with Crippen molar-refractivity contribution < 1.29 is 9.59 Å². The predicted molar refractivity (Wildman–Crippen MR) is 104 cm³/mol. The van der Waals surface area contributed by atoms with E-state index >= 15 is 0 Å². The summed E-state index contributed by atoms with van der Waals surface area (Å²) in [5.74, 6) is 0.0770. The lowest BCUT2D eigenvalue weighted by Crippen LogP contribution is -2.63. The number of amides is 3. The average Bonchev–Trinajstić information content (AvgIpc) is 3.10. The van der Waals surface area contributed by atoms with Crippen molar-refractivity contribution in [3.63, 3.8) is 0 Å². The number of halogens is 1. The molecule has 26 heavy (non-hydrogen) atoms. The van der Waals surface area contributed by atoms with Gasteiger partial charge >= 0.3 is 6.03 Å². The van der Waals surface area contributed by atoms with E-state index < -0.39 is 5.54 Å². The Morgan fingerprint density at radius 1 is 1.23 bits per heavy atom. The number of piperazine rings is 1. The summed E-state index contributed by atoms with van der Waals surface area (Å²) in [6, 6.07) is 9.82. The molecule has 144 valence electrons. The molecule has 0 aromatic heterocycles. The lowest BCUT2D eigenvalue weighted by atomic mass is 9.95. The first-order chi connectivity index (χ1) is 12.1. The Bertz CT molecular complexity index is 605. The van der Waals surface area contributed by atoms with Crippen LogP contribution in [-0.4, -0.2) is 48.1 Å². The molecule has 2 aliphatic rings. The van der Waals surface area contributed by atoms with Crippen LogP contribution in [0.3, 0.4) is 0 Å². The SMILES string of the molecule is CC1CN(C(=O)C2(NC(=O)NCc3ccccc3)CCCC2)CCN1.Cl. The van der Waals surface area contributed by atoms with E-state index in [1.165, 1.54) is 0 Å². The third kappa shape index (κ3) is 4.89. The summed E-state index contributed by atoms with van der Waals surface area (Å²) in [5, 5.41) is 9.25. The van der Waals surface area contributed by atoms with Gasteiger partial charge in [-0.1, -0.05) is 43.2 Å². The number of carbonyl (C=O) groups excluding carboxylic acids is 2. The zero-order chi connectivity index (χ0) is 17.7. The molecule has 1 aromatic carbocycles. The molecule has 0 bridgehead atoms. The first-order valence-corrected chi connectivity index (χ1v) is 9.22. The molecule has 1 heterocycles. The van der Waals surface area contributed by atoms with E-state index in [0.717, 1.165) is 37.8 Å². The summed E-state index contributed by atoms with van der Waals surface area (Å²) in [6.07, 6.45) is 3.41. The van der Waals surface area contributed by atoms with Crippen molar-refractivity contribution in [2.75, 3.05) is 19.6 Å². The Kier molecular flexibility index (Phi) is 7.29. The fourth-order valence-corrected chi connectivity index (χ4v) is 3.83. The molecule has 1 saturated heterocycles. The van der Waals surface area contributed by atoms with Gasteiger partial charge in [-0.3, -0.25) is 4.79 Å². The molecular formula is C19H29ClN4O2. The van der Waals surface area contributed by atoms with E-state index in [-0.39, 0.29) is 24.3 Å². The average molecular weight is 381 g/mol. The summed E-state index contributed by atoms with van der Waals surface area (Å²) >= 11 is 0. The van der Waals surface area contributed by atoms with Crippen molar-refractivity contribution in [2.24, 2.45) is 0 Å². The highest BCUT2D eigenvalue weighted by Gasteiger charge is 2.45. The van der Waals surface area contributed by atoms with Gasteiger partial charge < -0.3 is 20.9 Å². The molecule has 1 aliphatic carbocycles. The normalized spacial score (nSPS) is 21.6. The Hall–Kier alpha value is -1.79. The summed E-state index contributed by atoms with van der Waals surface area (Å²) in [4.78, 5) is 27.5. The van der Waals surface area contributed by atoms with Gasteiger partial charge in [0.25, 0.3) is 0 Å². The number of carbonyl (C=O) groups is 2. The molecule has 3 amide bonds. The Balaban J connectivity index is 0.00000243. The summed E-state index contributed by atoms with van der Waals surface area (Å²) in [6.45, 7) is 4.76. The molecule has 0 radical (unpaired) electrons. The van der Waals surface area contributed by atoms with E-state index in [1.807, 2.05) is 35.2 Å². The first kappa shape index (κ1) is 20.5. The van der Waals surface area contributed by atoms with Crippen molar-refractivity contribution in [1.82, 2.24) is 20.9 Å². The minimum Gasteiger partial charge on any atom is -0.338 e. The zero-order valence-corrected chi connectivity index (χ0v) is 16.1. The maximum atomic E-state index is 13.1. The molecule has 3 rings (SSSR count). The number of nitrogens with one attached hydrogen (secondary N) is 3. The number of benzene rings is 1. The van der Waals surface area contributed by atoms with Gasteiger partial charge in [-0.15, -0.1) is 12.4 Å². The van der Waals surface area contributed by atoms with Gasteiger partial charge in [0, 0.05) is 32.2 Å². The Morgan fingerprint density at radius 3 is 2.58 bits per heavy atom. The largest absolute Gasteiger partial charge is 0.338 e. The highest BCUT2D eigenvalue weighted by molar-refractivity contribution is 5.91. The standard InChI is InChI=1S/C19H28N4O2.ClH/c1-15-14-23(12-11-20-15)17(24)19(9-5-6-10-19)22-18(25)21-13-16-7-3-2-4-8-16;/h2-4,7-8,15,20H,5-6,9-14H2,1H3,(H2,21,22,25);1H. The van der Waals surface area contributed by atoms with Gasteiger partial charge in [0.2, 0.25) is 5.91 Å². The molecule has 0 spiro atoms. The fourth-order valence-electron chi connectivity index (χ4n) is 3.83. The van der Waals surface area contributed by atoms with E-state index in [9.17, 15) is 9.59 Å². The molecule has 1 unspecified atom stereocenters. The monoisotopic (exact) mass is 380 g/mol. The maximum absolute atomic E-state index is 13.1. The second-order valence-electron chi connectivity index (χ2n) is 7.19. The van der Waals surface area contributed by atoms with Crippen molar-refractivity contribution in [1.29, 1.82) is 0 Å². The molecule has 2 fully saturated rings. The van der Waals surface area contributed by atoms with Crippen LogP contribution in [0.15, 0.2) is 30.3 Å². The summed E-state index contributed by atoms with van der Waals surface area (Å²) < 4.78 is 0. The van der Waals surface area contributed by atoms with E-state index in [0.29, 0.717) is 25.7 Å². The highest BCUT2D eigenvalue weighted by atomic mass is 35.5. The zero-order valence-electron chi connectivity index (χ0n) is 15.3.